The summed E-state index contributed by atoms with van der Waals surface area (Å²) < 4.78 is 10.6. The van der Waals surface area contributed by atoms with Gasteiger partial charge in [0.15, 0.2) is 0 Å². The van der Waals surface area contributed by atoms with Crippen LogP contribution in [-0.2, 0) is 16.0 Å². The number of amides is 2. The average Bonchev–Trinajstić information content (AvgIpc) is 3.63. The maximum Gasteiger partial charge on any atom is 0.415 e. The van der Waals surface area contributed by atoms with Crippen molar-refractivity contribution in [3.63, 3.8) is 0 Å². The SMILES string of the molecule is CC(C)(C)OC(=O)N1CCN(C(CC2CC2)c2ccc(CNc3nccc(N4CCOC4=O)n3)cc2)CC1. The number of ether oxygens (including phenoxy) is 2. The van der Waals surface area contributed by atoms with Crippen molar-refractivity contribution in [1.82, 2.24) is 19.8 Å². The van der Waals surface area contributed by atoms with Crippen LogP contribution in [0, 0.1) is 5.92 Å². The van der Waals surface area contributed by atoms with Crippen molar-refractivity contribution in [2.75, 3.05) is 49.5 Å². The lowest BCUT2D eigenvalue weighted by atomic mass is 9.97. The van der Waals surface area contributed by atoms with E-state index in [0.29, 0.717) is 50.6 Å². The van der Waals surface area contributed by atoms with E-state index >= 15 is 0 Å². The highest BCUT2D eigenvalue weighted by Crippen LogP contribution is 2.40. The molecule has 2 saturated heterocycles. The molecular formula is C28H38N6O4. The molecule has 1 aromatic heterocycles. The summed E-state index contributed by atoms with van der Waals surface area (Å²) in [4.78, 5) is 38.9. The number of carbonyl (C=O) groups is 2. The largest absolute Gasteiger partial charge is 0.447 e. The number of carbonyl (C=O) groups excluding carboxylic acids is 2. The molecule has 1 aliphatic carbocycles. The van der Waals surface area contributed by atoms with Gasteiger partial charge < -0.3 is 19.7 Å². The van der Waals surface area contributed by atoms with Crippen molar-refractivity contribution in [1.29, 1.82) is 0 Å². The Bertz CT molecular complexity index is 1120. The van der Waals surface area contributed by atoms with Gasteiger partial charge in [-0.25, -0.2) is 14.6 Å². The Balaban J connectivity index is 1.18. The molecule has 1 atom stereocenters. The van der Waals surface area contributed by atoms with E-state index in [1.807, 2.05) is 25.7 Å². The number of cyclic esters (lactones) is 1. The second kappa shape index (κ2) is 11.1. The highest BCUT2D eigenvalue weighted by Gasteiger charge is 2.33. The molecule has 38 heavy (non-hydrogen) atoms. The van der Waals surface area contributed by atoms with Gasteiger partial charge >= 0.3 is 12.2 Å². The smallest absolute Gasteiger partial charge is 0.415 e. The molecule has 2 amide bonds. The van der Waals surface area contributed by atoms with Gasteiger partial charge in [-0.1, -0.05) is 37.1 Å². The summed E-state index contributed by atoms with van der Waals surface area (Å²) in [5, 5.41) is 3.26. The number of nitrogens with one attached hydrogen (secondary N) is 1. The van der Waals surface area contributed by atoms with Crippen LogP contribution in [0.3, 0.4) is 0 Å². The average molecular weight is 523 g/mol. The second-order valence-electron chi connectivity index (χ2n) is 11.3. The molecular weight excluding hydrogens is 484 g/mol. The highest BCUT2D eigenvalue weighted by molar-refractivity contribution is 5.88. The Morgan fingerprint density at radius 2 is 1.84 bits per heavy atom. The van der Waals surface area contributed by atoms with Crippen molar-refractivity contribution >= 4 is 24.0 Å². The third-order valence-electron chi connectivity index (χ3n) is 7.15. The Labute approximate surface area is 224 Å². The number of hydrogen-bond donors (Lipinski definition) is 1. The van der Waals surface area contributed by atoms with Gasteiger partial charge in [0.05, 0.1) is 6.54 Å². The summed E-state index contributed by atoms with van der Waals surface area (Å²) >= 11 is 0. The molecule has 0 bridgehead atoms. The fraction of sp³-hybridized carbons (Fsp3) is 0.571. The molecule has 1 N–H and O–H groups in total. The van der Waals surface area contributed by atoms with E-state index < -0.39 is 5.60 Å². The summed E-state index contributed by atoms with van der Waals surface area (Å²) in [6, 6.07) is 10.8. The number of aromatic nitrogens is 2. The first-order valence-corrected chi connectivity index (χ1v) is 13.6. The predicted octanol–water partition coefficient (Wildman–Crippen LogP) is 4.44. The van der Waals surface area contributed by atoms with Crippen LogP contribution in [0.4, 0.5) is 21.4 Å². The molecule has 1 aromatic carbocycles. The lowest BCUT2D eigenvalue weighted by Crippen LogP contribution is -2.50. The minimum absolute atomic E-state index is 0.220. The van der Waals surface area contributed by atoms with E-state index in [2.05, 4.69) is 44.5 Å². The molecule has 3 fully saturated rings. The van der Waals surface area contributed by atoms with E-state index in [1.165, 1.54) is 23.3 Å². The molecule has 204 valence electrons. The normalized spacial score (nSPS) is 19.3. The zero-order chi connectivity index (χ0) is 26.7. The molecule has 3 heterocycles. The van der Waals surface area contributed by atoms with Crippen molar-refractivity contribution in [3.05, 3.63) is 47.7 Å². The second-order valence-corrected chi connectivity index (χ2v) is 11.3. The van der Waals surface area contributed by atoms with Crippen molar-refractivity contribution in [2.45, 2.75) is 58.2 Å². The maximum atomic E-state index is 12.5. The zero-order valence-electron chi connectivity index (χ0n) is 22.6. The Morgan fingerprint density at radius 1 is 1.11 bits per heavy atom. The van der Waals surface area contributed by atoms with Crippen LogP contribution in [0.2, 0.25) is 0 Å². The maximum absolute atomic E-state index is 12.5. The van der Waals surface area contributed by atoms with E-state index in [9.17, 15) is 9.59 Å². The van der Waals surface area contributed by atoms with Crippen LogP contribution >= 0.6 is 0 Å². The van der Waals surface area contributed by atoms with Crippen LogP contribution < -0.4 is 10.2 Å². The van der Waals surface area contributed by atoms with Crippen molar-refractivity contribution in [3.8, 4) is 0 Å². The Morgan fingerprint density at radius 3 is 2.47 bits per heavy atom. The van der Waals surface area contributed by atoms with Crippen LogP contribution in [0.15, 0.2) is 36.5 Å². The summed E-state index contributed by atoms with van der Waals surface area (Å²) in [6.07, 6.45) is 4.82. The van der Waals surface area contributed by atoms with E-state index in [-0.39, 0.29) is 12.2 Å². The topological polar surface area (TPSA) is 100 Å². The van der Waals surface area contributed by atoms with Gasteiger partial charge in [-0.15, -0.1) is 0 Å². The number of rotatable bonds is 8. The van der Waals surface area contributed by atoms with Crippen LogP contribution in [0.5, 0.6) is 0 Å². The van der Waals surface area contributed by atoms with Gasteiger partial charge in [-0.05, 0) is 50.3 Å². The summed E-state index contributed by atoms with van der Waals surface area (Å²) in [5.41, 5.74) is 1.97. The number of benzene rings is 1. The minimum atomic E-state index is -0.476. The third kappa shape index (κ3) is 6.72. The first-order valence-electron chi connectivity index (χ1n) is 13.6. The molecule has 2 aliphatic heterocycles. The van der Waals surface area contributed by atoms with Crippen LogP contribution in [0.1, 0.15) is 57.2 Å². The standard InChI is InChI=1S/C28H38N6O4/c1-28(2,3)38-26(35)33-14-12-32(13-15-33)23(18-20-4-5-20)22-8-6-21(7-9-22)19-30-25-29-11-10-24(31-25)34-16-17-37-27(34)36/h6-11,20,23H,4-5,12-19H2,1-3H3,(H,29,30,31). The molecule has 0 spiro atoms. The molecule has 10 heteroatoms. The van der Waals surface area contributed by atoms with Gasteiger partial charge in [0.1, 0.15) is 18.0 Å². The minimum Gasteiger partial charge on any atom is -0.447 e. The number of anilines is 2. The van der Waals surface area contributed by atoms with E-state index in [4.69, 9.17) is 9.47 Å². The van der Waals surface area contributed by atoms with Gasteiger partial charge in [0, 0.05) is 45.0 Å². The van der Waals surface area contributed by atoms with Gasteiger partial charge in [0.2, 0.25) is 5.95 Å². The first kappa shape index (κ1) is 26.2. The fourth-order valence-electron chi connectivity index (χ4n) is 4.93. The van der Waals surface area contributed by atoms with Crippen LogP contribution in [-0.4, -0.2) is 76.9 Å². The molecule has 5 rings (SSSR count). The van der Waals surface area contributed by atoms with E-state index in [0.717, 1.165) is 31.0 Å². The number of nitrogens with zero attached hydrogens (tertiary/aromatic N) is 5. The number of hydrogen-bond acceptors (Lipinski definition) is 8. The predicted molar refractivity (Wildman–Crippen MR) is 144 cm³/mol. The number of piperazine rings is 1. The van der Waals surface area contributed by atoms with Gasteiger partial charge in [-0.3, -0.25) is 9.80 Å². The third-order valence-corrected chi connectivity index (χ3v) is 7.15. The molecule has 3 aliphatic rings. The van der Waals surface area contributed by atoms with Crippen LogP contribution in [0.25, 0.3) is 0 Å². The quantitative estimate of drug-likeness (QED) is 0.543. The molecule has 0 radical (unpaired) electrons. The Hall–Kier alpha value is -3.40. The lowest BCUT2D eigenvalue weighted by molar-refractivity contribution is 0.00941. The highest BCUT2D eigenvalue weighted by atomic mass is 16.6. The van der Waals surface area contributed by atoms with Crippen molar-refractivity contribution < 1.29 is 19.1 Å². The molecule has 2 aromatic rings. The molecule has 1 saturated carbocycles. The fourth-order valence-corrected chi connectivity index (χ4v) is 4.93. The summed E-state index contributed by atoms with van der Waals surface area (Å²) in [5.74, 6) is 1.80. The Kier molecular flexibility index (Phi) is 7.69. The summed E-state index contributed by atoms with van der Waals surface area (Å²) in [6.45, 7) is 10.2. The zero-order valence-corrected chi connectivity index (χ0v) is 22.6. The first-order chi connectivity index (χ1) is 18.2. The van der Waals surface area contributed by atoms with Gasteiger partial charge in [0.25, 0.3) is 0 Å². The van der Waals surface area contributed by atoms with E-state index in [1.54, 1.807) is 12.3 Å². The molecule has 10 nitrogen and oxygen atoms in total. The monoisotopic (exact) mass is 522 g/mol. The molecule has 1 unspecified atom stereocenters. The van der Waals surface area contributed by atoms with Crippen molar-refractivity contribution in [2.24, 2.45) is 5.92 Å². The van der Waals surface area contributed by atoms with Gasteiger partial charge in [-0.2, -0.15) is 4.98 Å². The summed E-state index contributed by atoms with van der Waals surface area (Å²) in [7, 11) is 0. The lowest BCUT2D eigenvalue weighted by Gasteiger charge is -2.40.